The van der Waals surface area contributed by atoms with E-state index in [1.54, 1.807) is 7.05 Å². The predicted molar refractivity (Wildman–Crippen MR) is 67.2 cm³/mol. The zero-order chi connectivity index (χ0) is 13.0. The van der Waals surface area contributed by atoms with E-state index >= 15 is 0 Å². The molecule has 0 bridgehead atoms. The maximum Gasteiger partial charge on any atom is 0.142 e. The van der Waals surface area contributed by atoms with Crippen molar-refractivity contribution >= 4 is 11.6 Å². The van der Waals surface area contributed by atoms with Gasteiger partial charge in [0.2, 0.25) is 0 Å². The van der Waals surface area contributed by atoms with Crippen LogP contribution < -0.4 is 5.32 Å². The van der Waals surface area contributed by atoms with Crippen LogP contribution in [0.4, 0.5) is 8.78 Å². The molecule has 1 atom stereocenters. The van der Waals surface area contributed by atoms with Gasteiger partial charge in [0.1, 0.15) is 11.6 Å². The van der Waals surface area contributed by atoms with Gasteiger partial charge in [-0.2, -0.15) is 0 Å². The summed E-state index contributed by atoms with van der Waals surface area (Å²) < 4.78 is 27.0. The number of halogens is 3. The Morgan fingerprint density at radius 3 is 2.59 bits per heavy atom. The van der Waals surface area contributed by atoms with Crippen molar-refractivity contribution in [3.63, 3.8) is 0 Å². The highest BCUT2D eigenvalue weighted by Crippen LogP contribution is 2.27. The lowest BCUT2D eigenvalue weighted by Crippen LogP contribution is -2.18. The minimum atomic E-state index is -0.606. The Kier molecular flexibility index (Phi) is 5.09. The highest BCUT2D eigenvalue weighted by Gasteiger charge is 2.17. The van der Waals surface area contributed by atoms with Crippen LogP contribution in [0.5, 0.6) is 0 Å². The molecular weight excluding hydrogens is 244 g/mol. The summed E-state index contributed by atoms with van der Waals surface area (Å²) in [5.41, 5.74) is 1.27. The average molecular weight is 260 g/mol. The normalized spacial score (nSPS) is 12.5. The molecule has 0 fully saturated rings. The van der Waals surface area contributed by atoms with Crippen LogP contribution in [0, 0.1) is 11.6 Å². The largest absolute Gasteiger partial charge is 0.313 e. The standard InChI is InChI=1S/C13H16ClF2N/c1-4-8(2)5-13(17-3)9-6-12(16)10(14)7-11(9)15/h6-7,13,17H,2,4-5H2,1,3H3. The fraction of sp³-hybridized carbons (Fsp3) is 0.385. The molecule has 4 heteroatoms. The van der Waals surface area contributed by atoms with Crippen molar-refractivity contribution in [3.05, 3.63) is 46.5 Å². The van der Waals surface area contributed by atoms with Gasteiger partial charge in [-0.3, -0.25) is 0 Å². The van der Waals surface area contributed by atoms with Crippen LogP contribution in [0.25, 0.3) is 0 Å². The lowest BCUT2D eigenvalue weighted by atomic mass is 9.98. The minimum absolute atomic E-state index is 0.199. The quantitative estimate of drug-likeness (QED) is 0.616. The van der Waals surface area contributed by atoms with Crippen molar-refractivity contribution < 1.29 is 8.78 Å². The summed E-state index contributed by atoms with van der Waals surface area (Å²) >= 11 is 5.51. The molecular formula is C13H16ClF2N. The summed E-state index contributed by atoms with van der Waals surface area (Å²) in [6, 6.07) is 1.86. The van der Waals surface area contributed by atoms with Crippen molar-refractivity contribution in [1.29, 1.82) is 0 Å². The Balaban J connectivity index is 3.03. The van der Waals surface area contributed by atoms with Gasteiger partial charge in [0.25, 0.3) is 0 Å². The molecule has 0 spiro atoms. The third-order valence-corrected chi connectivity index (χ3v) is 3.05. The van der Waals surface area contributed by atoms with Crippen molar-refractivity contribution in [3.8, 4) is 0 Å². The summed E-state index contributed by atoms with van der Waals surface area (Å²) in [5.74, 6) is -1.11. The van der Waals surface area contributed by atoms with Crippen LogP contribution in [0.3, 0.4) is 0 Å². The van der Waals surface area contributed by atoms with E-state index in [4.69, 9.17) is 11.6 Å². The van der Waals surface area contributed by atoms with Crippen LogP contribution in [-0.2, 0) is 0 Å². The molecule has 1 unspecified atom stereocenters. The third-order valence-electron chi connectivity index (χ3n) is 2.76. The van der Waals surface area contributed by atoms with E-state index in [0.717, 1.165) is 24.1 Å². The van der Waals surface area contributed by atoms with E-state index in [0.29, 0.717) is 6.42 Å². The Bertz CT molecular complexity index is 418. The first-order valence-electron chi connectivity index (χ1n) is 5.48. The van der Waals surface area contributed by atoms with Gasteiger partial charge in [-0.1, -0.05) is 30.7 Å². The Labute approximate surface area is 105 Å². The molecule has 1 aromatic rings. The van der Waals surface area contributed by atoms with Crippen LogP contribution in [-0.4, -0.2) is 7.05 Å². The molecule has 94 valence electrons. The number of nitrogens with one attached hydrogen (secondary N) is 1. The van der Waals surface area contributed by atoms with Crippen LogP contribution >= 0.6 is 11.6 Å². The Morgan fingerprint density at radius 1 is 1.41 bits per heavy atom. The lowest BCUT2D eigenvalue weighted by Gasteiger charge is -2.18. The molecule has 17 heavy (non-hydrogen) atoms. The minimum Gasteiger partial charge on any atom is -0.313 e. The van der Waals surface area contributed by atoms with E-state index in [-0.39, 0.29) is 16.6 Å². The first-order valence-corrected chi connectivity index (χ1v) is 5.85. The molecule has 1 N–H and O–H groups in total. The highest BCUT2D eigenvalue weighted by molar-refractivity contribution is 6.30. The summed E-state index contributed by atoms with van der Waals surface area (Å²) in [6.45, 7) is 5.85. The maximum atomic E-state index is 13.7. The smallest absolute Gasteiger partial charge is 0.142 e. The fourth-order valence-corrected chi connectivity index (χ4v) is 1.76. The van der Waals surface area contributed by atoms with Gasteiger partial charge < -0.3 is 5.32 Å². The van der Waals surface area contributed by atoms with Gasteiger partial charge in [0.05, 0.1) is 5.02 Å². The SMILES string of the molecule is C=C(CC)CC(NC)c1cc(F)c(Cl)cc1F. The van der Waals surface area contributed by atoms with Gasteiger partial charge in [-0.15, -0.1) is 0 Å². The van der Waals surface area contributed by atoms with Crippen LogP contribution in [0.15, 0.2) is 24.3 Å². The first-order chi connectivity index (χ1) is 7.99. The average Bonchev–Trinajstić information content (AvgIpc) is 2.30. The zero-order valence-corrected chi connectivity index (χ0v) is 10.7. The van der Waals surface area contributed by atoms with E-state index in [1.165, 1.54) is 0 Å². The molecule has 0 aliphatic rings. The van der Waals surface area contributed by atoms with Crippen molar-refractivity contribution in [1.82, 2.24) is 5.32 Å². The van der Waals surface area contributed by atoms with E-state index in [1.807, 2.05) is 6.92 Å². The van der Waals surface area contributed by atoms with Crippen molar-refractivity contribution in [2.75, 3.05) is 7.05 Å². The van der Waals surface area contributed by atoms with Crippen molar-refractivity contribution in [2.45, 2.75) is 25.8 Å². The van der Waals surface area contributed by atoms with Gasteiger partial charge in [0.15, 0.2) is 0 Å². The second-order valence-electron chi connectivity index (χ2n) is 3.94. The fourth-order valence-electron chi connectivity index (χ4n) is 1.61. The van der Waals surface area contributed by atoms with Gasteiger partial charge in [-0.05, 0) is 32.0 Å². The Morgan fingerprint density at radius 2 is 2.06 bits per heavy atom. The van der Waals surface area contributed by atoms with E-state index in [2.05, 4.69) is 11.9 Å². The molecule has 0 saturated heterocycles. The Hall–Kier alpha value is -0.930. The molecule has 1 aromatic carbocycles. The summed E-state index contributed by atoms with van der Waals surface area (Å²) in [5, 5.41) is 2.76. The highest BCUT2D eigenvalue weighted by atomic mass is 35.5. The molecule has 0 saturated carbocycles. The number of hydrogen-bond acceptors (Lipinski definition) is 1. The lowest BCUT2D eigenvalue weighted by molar-refractivity contribution is 0.519. The first kappa shape index (κ1) is 14.1. The molecule has 1 nitrogen and oxygen atoms in total. The second kappa shape index (κ2) is 6.12. The van der Waals surface area contributed by atoms with E-state index < -0.39 is 11.6 Å². The molecule has 0 aromatic heterocycles. The number of hydrogen-bond donors (Lipinski definition) is 1. The summed E-state index contributed by atoms with van der Waals surface area (Å²) in [4.78, 5) is 0. The predicted octanol–water partition coefficient (Wildman–Crippen LogP) is 4.24. The monoisotopic (exact) mass is 259 g/mol. The molecule has 0 aliphatic heterocycles. The molecule has 0 aliphatic carbocycles. The van der Waals surface area contributed by atoms with E-state index in [9.17, 15) is 8.78 Å². The van der Waals surface area contributed by atoms with Gasteiger partial charge >= 0.3 is 0 Å². The zero-order valence-electron chi connectivity index (χ0n) is 9.99. The molecule has 0 radical (unpaired) electrons. The molecule has 0 heterocycles. The third kappa shape index (κ3) is 3.51. The van der Waals surface area contributed by atoms with Gasteiger partial charge in [0, 0.05) is 11.6 Å². The number of benzene rings is 1. The van der Waals surface area contributed by atoms with Crippen LogP contribution in [0.1, 0.15) is 31.4 Å². The second-order valence-corrected chi connectivity index (χ2v) is 4.34. The summed E-state index contributed by atoms with van der Waals surface area (Å²) in [6.07, 6.45) is 1.39. The summed E-state index contributed by atoms with van der Waals surface area (Å²) in [7, 11) is 1.71. The molecule has 1 rings (SSSR count). The van der Waals surface area contributed by atoms with Crippen LogP contribution in [0.2, 0.25) is 5.02 Å². The van der Waals surface area contributed by atoms with Crippen molar-refractivity contribution in [2.24, 2.45) is 0 Å². The molecule has 0 amide bonds. The maximum absolute atomic E-state index is 13.7. The number of rotatable bonds is 5. The van der Waals surface area contributed by atoms with Gasteiger partial charge in [-0.25, -0.2) is 8.78 Å². The topological polar surface area (TPSA) is 12.0 Å².